The Hall–Kier alpha value is -2.12. The van der Waals surface area contributed by atoms with E-state index in [-0.39, 0.29) is 17.9 Å². The van der Waals surface area contributed by atoms with E-state index in [0.29, 0.717) is 13.2 Å². The molecule has 3 heterocycles. The van der Waals surface area contributed by atoms with E-state index >= 15 is 0 Å². The number of rotatable bonds is 2. The van der Waals surface area contributed by atoms with Crippen molar-refractivity contribution in [1.29, 1.82) is 0 Å². The van der Waals surface area contributed by atoms with Crippen LogP contribution in [-0.2, 0) is 23.9 Å². The smallest absolute Gasteiger partial charge is 0.338 e. The maximum absolute atomic E-state index is 12.5. The molecule has 0 aromatic heterocycles. The molecule has 0 radical (unpaired) electrons. The highest BCUT2D eigenvalue weighted by molar-refractivity contribution is 5.92. The topological polar surface area (TPSA) is 77.6 Å². The second-order valence-corrected chi connectivity index (χ2v) is 5.51. The third-order valence-corrected chi connectivity index (χ3v) is 4.20. The standard InChI is InChI=1S/C15H15NO6/c1-19-15(18)13-12(22-13)14(17)16-11-8(7-21-16)6-20-10-5-3-2-4-9(10)11/h2-5,8,11-13H,6-7H2,1H3/t8-,11+,12+,13-/m1/s1. The summed E-state index contributed by atoms with van der Waals surface area (Å²) in [7, 11) is 1.27. The minimum atomic E-state index is -0.824. The highest BCUT2D eigenvalue weighted by atomic mass is 16.7. The molecule has 7 nitrogen and oxygen atoms in total. The van der Waals surface area contributed by atoms with Crippen LogP contribution in [0.1, 0.15) is 11.6 Å². The lowest BCUT2D eigenvalue weighted by Gasteiger charge is -2.31. The second-order valence-electron chi connectivity index (χ2n) is 5.51. The van der Waals surface area contributed by atoms with Crippen molar-refractivity contribution < 1.29 is 28.6 Å². The Kier molecular flexibility index (Phi) is 3.05. The van der Waals surface area contributed by atoms with Crippen LogP contribution in [0, 0.1) is 5.92 Å². The van der Waals surface area contributed by atoms with Crippen LogP contribution in [0.4, 0.5) is 0 Å². The molecule has 1 aromatic rings. The summed E-state index contributed by atoms with van der Waals surface area (Å²) in [5.74, 6) is -0.0523. The number of benzene rings is 1. The van der Waals surface area contributed by atoms with Gasteiger partial charge >= 0.3 is 5.97 Å². The summed E-state index contributed by atoms with van der Waals surface area (Å²) >= 11 is 0. The lowest BCUT2D eigenvalue weighted by molar-refractivity contribution is -0.178. The first-order valence-electron chi connectivity index (χ1n) is 7.11. The number of hydrogen-bond donors (Lipinski definition) is 0. The van der Waals surface area contributed by atoms with E-state index in [9.17, 15) is 9.59 Å². The van der Waals surface area contributed by atoms with Gasteiger partial charge in [0.1, 0.15) is 5.75 Å². The number of ether oxygens (including phenoxy) is 3. The first-order valence-corrected chi connectivity index (χ1v) is 7.11. The third-order valence-electron chi connectivity index (χ3n) is 4.20. The molecule has 0 saturated carbocycles. The number of carbonyl (C=O) groups excluding carboxylic acids is 2. The zero-order chi connectivity index (χ0) is 15.3. The SMILES string of the molecule is COC(=O)[C@@H]1O[C@@H]1C(=O)N1OC[C@H]2COc3ccccc3[C@H]21. The number of hydrogen-bond acceptors (Lipinski definition) is 6. The average Bonchev–Trinajstić information content (AvgIpc) is 3.24. The van der Waals surface area contributed by atoms with Crippen molar-refractivity contribution in [3.05, 3.63) is 29.8 Å². The van der Waals surface area contributed by atoms with E-state index in [1.54, 1.807) is 0 Å². The fraction of sp³-hybridized carbons (Fsp3) is 0.467. The lowest BCUT2D eigenvalue weighted by Crippen LogP contribution is -2.38. The molecule has 0 aliphatic carbocycles. The number of fused-ring (bicyclic) bond motifs is 3. The van der Waals surface area contributed by atoms with Crippen molar-refractivity contribution >= 4 is 11.9 Å². The summed E-state index contributed by atoms with van der Waals surface area (Å²) < 4.78 is 15.4. The van der Waals surface area contributed by atoms with E-state index < -0.39 is 18.2 Å². The van der Waals surface area contributed by atoms with Gasteiger partial charge in [-0.2, -0.15) is 0 Å². The van der Waals surface area contributed by atoms with Crippen molar-refractivity contribution in [2.45, 2.75) is 18.2 Å². The van der Waals surface area contributed by atoms with Gasteiger partial charge in [0.05, 0.1) is 26.4 Å². The molecule has 2 saturated heterocycles. The zero-order valence-electron chi connectivity index (χ0n) is 11.9. The maximum atomic E-state index is 12.5. The highest BCUT2D eigenvalue weighted by Crippen LogP contribution is 2.44. The molecule has 116 valence electrons. The molecular formula is C15H15NO6. The van der Waals surface area contributed by atoms with E-state index in [0.717, 1.165) is 11.3 Å². The summed E-state index contributed by atoms with van der Waals surface area (Å²) in [5.41, 5.74) is 0.917. The van der Waals surface area contributed by atoms with Crippen LogP contribution in [0.5, 0.6) is 5.75 Å². The number of carbonyl (C=O) groups is 2. The van der Waals surface area contributed by atoms with Crippen LogP contribution in [0.25, 0.3) is 0 Å². The highest BCUT2D eigenvalue weighted by Gasteiger charge is 2.56. The predicted molar refractivity (Wildman–Crippen MR) is 71.6 cm³/mol. The summed E-state index contributed by atoms with van der Waals surface area (Å²) in [6.45, 7) is 0.901. The fourth-order valence-corrected chi connectivity index (χ4v) is 3.03. The van der Waals surface area contributed by atoms with Gasteiger partial charge in [-0.15, -0.1) is 0 Å². The van der Waals surface area contributed by atoms with Gasteiger partial charge in [-0.25, -0.2) is 9.86 Å². The molecule has 1 amide bonds. The Morgan fingerprint density at radius 3 is 2.86 bits per heavy atom. The van der Waals surface area contributed by atoms with Gasteiger partial charge in [0.15, 0.2) is 12.2 Å². The number of nitrogens with zero attached hydrogens (tertiary/aromatic N) is 1. The first-order chi connectivity index (χ1) is 10.7. The Labute approximate surface area is 126 Å². The lowest BCUT2D eigenvalue weighted by atomic mass is 9.92. The number of amides is 1. The van der Waals surface area contributed by atoms with Crippen LogP contribution in [-0.4, -0.2) is 49.5 Å². The van der Waals surface area contributed by atoms with Crippen LogP contribution in [0.3, 0.4) is 0 Å². The Morgan fingerprint density at radius 2 is 2.05 bits per heavy atom. The molecule has 3 aliphatic heterocycles. The summed E-state index contributed by atoms with van der Waals surface area (Å²) in [5, 5.41) is 1.33. The molecule has 3 aliphatic rings. The Morgan fingerprint density at radius 1 is 1.23 bits per heavy atom. The molecule has 0 spiro atoms. The van der Waals surface area contributed by atoms with Crippen LogP contribution < -0.4 is 4.74 Å². The molecule has 0 N–H and O–H groups in total. The molecule has 4 rings (SSSR count). The second kappa shape index (κ2) is 4.96. The van der Waals surface area contributed by atoms with Gasteiger partial charge in [0, 0.05) is 11.5 Å². The van der Waals surface area contributed by atoms with Crippen LogP contribution in [0.2, 0.25) is 0 Å². The van der Waals surface area contributed by atoms with Crippen LogP contribution in [0.15, 0.2) is 24.3 Å². The number of esters is 1. The van der Waals surface area contributed by atoms with Gasteiger partial charge in [0.2, 0.25) is 0 Å². The van der Waals surface area contributed by atoms with Crippen molar-refractivity contribution in [1.82, 2.24) is 5.06 Å². The minimum absolute atomic E-state index is 0.0779. The van der Waals surface area contributed by atoms with E-state index in [2.05, 4.69) is 4.74 Å². The predicted octanol–water partition coefficient (Wildman–Crippen LogP) is 0.450. The summed E-state index contributed by atoms with van der Waals surface area (Å²) in [6, 6.07) is 7.37. The molecule has 4 atom stereocenters. The average molecular weight is 305 g/mol. The van der Waals surface area contributed by atoms with Crippen LogP contribution >= 0.6 is 0 Å². The van der Waals surface area contributed by atoms with Gasteiger partial charge in [0.25, 0.3) is 5.91 Å². The quantitative estimate of drug-likeness (QED) is 0.583. The number of epoxide rings is 1. The van der Waals surface area contributed by atoms with E-state index in [4.69, 9.17) is 14.3 Å². The molecule has 2 fully saturated rings. The molecule has 7 heteroatoms. The normalized spacial score (nSPS) is 31.8. The Balaban J connectivity index is 1.57. The van der Waals surface area contributed by atoms with Crippen molar-refractivity contribution in [2.24, 2.45) is 5.92 Å². The molecule has 1 aromatic carbocycles. The maximum Gasteiger partial charge on any atom is 0.338 e. The number of methoxy groups -OCH3 is 1. The number of hydroxylamine groups is 2. The summed E-state index contributed by atoms with van der Waals surface area (Å²) in [4.78, 5) is 29.5. The van der Waals surface area contributed by atoms with Gasteiger partial charge < -0.3 is 14.2 Å². The van der Waals surface area contributed by atoms with E-state index in [1.807, 2.05) is 24.3 Å². The third kappa shape index (κ3) is 1.97. The number of para-hydroxylation sites is 1. The summed E-state index contributed by atoms with van der Waals surface area (Å²) in [6.07, 6.45) is -1.64. The first kappa shape index (κ1) is 13.5. The van der Waals surface area contributed by atoms with Crippen molar-refractivity contribution in [3.8, 4) is 5.75 Å². The minimum Gasteiger partial charge on any atom is -0.493 e. The van der Waals surface area contributed by atoms with Gasteiger partial charge in [-0.05, 0) is 6.07 Å². The molecular weight excluding hydrogens is 290 g/mol. The monoisotopic (exact) mass is 305 g/mol. The van der Waals surface area contributed by atoms with Crippen molar-refractivity contribution in [3.63, 3.8) is 0 Å². The Bertz CT molecular complexity index is 632. The van der Waals surface area contributed by atoms with Gasteiger partial charge in [-0.1, -0.05) is 18.2 Å². The van der Waals surface area contributed by atoms with Crippen molar-refractivity contribution in [2.75, 3.05) is 20.3 Å². The van der Waals surface area contributed by atoms with Gasteiger partial charge in [-0.3, -0.25) is 9.63 Å². The molecule has 0 bridgehead atoms. The molecule has 0 unspecified atom stereocenters. The largest absolute Gasteiger partial charge is 0.493 e. The fourth-order valence-electron chi connectivity index (χ4n) is 3.03. The zero-order valence-corrected chi connectivity index (χ0v) is 11.9. The molecule has 22 heavy (non-hydrogen) atoms. The van der Waals surface area contributed by atoms with E-state index in [1.165, 1.54) is 12.2 Å².